The molecule has 4 rings (SSSR count). The van der Waals surface area contributed by atoms with Gasteiger partial charge in [0.05, 0.1) is 5.92 Å². The van der Waals surface area contributed by atoms with Crippen LogP contribution in [0.5, 0.6) is 0 Å². The molecule has 186 valence electrons. The van der Waals surface area contributed by atoms with E-state index in [9.17, 15) is 14.4 Å². The number of rotatable bonds is 10. The predicted molar refractivity (Wildman–Crippen MR) is 133 cm³/mol. The Morgan fingerprint density at radius 1 is 0.971 bits per heavy atom. The minimum atomic E-state index is -0.791. The molecule has 0 aromatic heterocycles. The van der Waals surface area contributed by atoms with Gasteiger partial charge in [0.2, 0.25) is 5.91 Å². The summed E-state index contributed by atoms with van der Waals surface area (Å²) >= 11 is 0. The lowest BCUT2D eigenvalue weighted by molar-refractivity contribution is -0.146. The molecule has 7 nitrogen and oxygen atoms in total. The molecule has 1 fully saturated rings. The van der Waals surface area contributed by atoms with E-state index in [4.69, 9.17) is 9.84 Å². The van der Waals surface area contributed by atoms with Crippen molar-refractivity contribution in [1.29, 1.82) is 0 Å². The number of benzene rings is 2. The summed E-state index contributed by atoms with van der Waals surface area (Å²) < 4.78 is 5.58. The zero-order valence-corrected chi connectivity index (χ0v) is 20.4. The van der Waals surface area contributed by atoms with Gasteiger partial charge in [-0.25, -0.2) is 4.79 Å². The van der Waals surface area contributed by atoms with E-state index < -0.39 is 12.1 Å². The normalized spacial score (nSPS) is 18.7. The molecule has 0 aliphatic heterocycles. The fraction of sp³-hybridized carbons (Fsp3) is 0.464. The van der Waals surface area contributed by atoms with Crippen molar-refractivity contribution < 1.29 is 24.2 Å². The topological polar surface area (TPSA) is 105 Å². The van der Waals surface area contributed by atoms with E-state index in [0.717, 1.165) is 6.42 Å². The number of carbonyl (C=O) groups is 3. The molecule has 0 heterocycles. The van der Waals surface area contributed by atoms with E-state index >= 15 is 0 Å². The van der Waals surface area contributed by atoms with Crippen molar-refractivity contribution in [2.75, 3.05) is 13.2 Å². The number of fused-ring (bicyclic) bond motifs is 3. The number of hydrogen-bond donors (Lipinski definition) is 3. The Bertz CT molecular complexity index is 1040. The first kappa shape index (κ1) is 24.8. The predicted octanol–water partition coefficient (Wildman–Crippen LogP) is 4.70. The summed E-state index contributed by atoms with van der Waals surface area (Å²) in [6.45, 7) is 4.90. The fourth-order valence-corrected chi connectivity index (χ4v) is 4.97. The second kappa shape index (κ2) is 10.5. The van der Waals surface area contributed by atoms with E-state index in [0.29, 0.717) is 32.2 Å². The van der Waals surface area contributed by atoms with Gasteiger partial charge in [-0.1, -0.05) is 62.4 Å². The molecule has 0 saturated heterocycles. The highest BCUT2D eigenvalue weighted by molar-refractivity contribution is 5.79. The van der Waals surface area contributed by atoms with Gasteiger partial charge in [0, 0.05) is 24.9 Å². The van der Waals surface area contributed by atoms with Gasteiger partial charge in [0.15, 0.2) is 0 Å². The first-order valence-electron chi connectivity index (χ1n) is 12.3. The SMILES string of the molecule is CC(C)(CCNC(=O)OCC1c2ccccc2-c2ccccc21)CCC(=O)NC1CC(C(=O)O)C1. The van der Waals surface area contributed by atoms with Crippen LogP contribution >= 0.6 is 0 Å². The van der Waals surface area contributed by atoms with E-state index in [2.05, 4.69) is 48.7 Å². The van der Waals surface area contributed by atoms with Gasteiger partial charge in [0.25, 0.3) is 0 Å². The van der Waals surface area contributed by atoms with Crippen LogP contribution in [0.1, 0.15) is 63.0 Å². The van der Waals surface area contributed by atoms with E-state index in [1.54, 1.807) is 0 Å². The zero-order chi connectivity index (χ0) is 25.0. The number of hydrogen-bond acceptors (Lipinski definition) is 4. The molecule has 1 saturated carbocycles. The van der Waals surface area contributed by atoms with Gasteiger partial charge in [-0.15, -0.1) is 0 Å². The van der Waals surface area contributed by atoms with Crippen LogP contribution < -0.4 is 10.6 Å². The quantitative estimate of drug-likeness (QED) is 0.459. The Balaban J connectivity index is 1.16. The van der Waals surface area contributed by atoms with Crippen molar-refractivity contribution >= 4 is 18.0 Å². The number of carbonyl (C=O) groups excluding carboxylic acids is 2. The van der Waals surface area contributed by atoms with Crippen molar-refractivity contribution in [3.8, 4) is 11.1 Å². The van der Waals surface area contributed by atoms with Crippen LogP contribution in [0.15, 0.2) is 48.5 Å². The van der Waals surface area contributed by atoms with E-state index in [-0.39, 0.29) is 35.8 Å². The molecular formula is C28H34N2O5. The van der Waals surface area contributed by atoms with Gasteiger partial charge >= 0.3 is 12.1 Å². The Morgan fingerprint density at radius 2 is 1.57 bits per heavy atom. The standard InChI is InChI=1S/C28H34N2O5/c1-28(2,12-11-25(31)30-19-15-18(16-19)26(32)33)13-14-29-27(34)35-17-24-22-9-5-3-7-20(22)21-8-4-6-10-23(21)24/h3-10,18-19,24H,11-17H2,1-2H3,(H,29,34)(H,30,31)(H,32,33). The second-order valence-corrected chi connectivity index (χ2v) is 10.4. The van der Waals surface area contributed by atoms with Crippen LogP contribution in [0.4, 0.5) is 4.79 Å². The monoisotopic (exact) mass is 478 g/mol. The molecule has 2 aliphatic carbocycles. The maximum atomic E-state index is 12.4. The third-order valence-corrected chi connectivity index (χ3v) is 7.30. The lowest BCUT2D eigenvalue weighted by Gasteiger charge is -2.33. The molecule has 7 heteroatoms. The number of aliphatic carboxylic acids is 1. The summed E-state index contributed by atoms with van der Waals surface area (Å²) in [6.07, 6.45) is 2.36. The minimum Gasteiger partial charge on any atom is -0.481 e. The van der Waals surface area contributed by atoms with Crippen LogP contribution in [0.2, 0.25) is 0 Å². The lowest BCUT2D eigenvalue weighted by atomic mass is 9.80. The van der Waals surface area contributed by atoms with Crippen LogP contribution in [0, 0.1) is 11.3 Å². The number of alkyl carbamates (subject to hydrolysis) is 1. The molecule has 0 bridgehead atoms. The zero-order valence-electron chi connectivity index (χ0n) is 20.4. The van der Waals surface area contributed by atoms with Crippen molar-refractivity contribution in [3.05, 3.63) is 59.7 Å². The first-order chi connectivity index (χ1) is 16.7. The van der Waals surface area contributed by atoms with E-state index in [1.165, 1.54) is 22.3 Å². The highest BCUT2D eigenvalue weighted by Gasteiger charge is 2.35. The number of carboxylic acid groups (broad SMARTS) is 1. The molecule has 0 unspecified atom stereocenters. The second-order valence-electron chi connectivity index (χ2n) is 10.4. The van der Waals surface area contributed by atoms with Crippen molar-refractivity contribution in [2.24, 2.45) is 11.3 Å². The van der Waals surface area contributed by atoms with Gasteiger partial charge in [0.1, 0.15) is 6.61 Å². The van der Waals surface area contributed by atoms with Gasteiger partial charge in [-0.3, -0.25) is 9.59 Å². The minimum absolute atomic E-state index is 0.0260. The maximum Gasteiger partial charge on any atom is 0.407 e. The average Bonchev–Trinajstić information content (AvgIpc) is 3.12. The Labute approximate surface area is 206 Å². The van der Waals surface area contributed by atoms with Crippen LogP contribution in [0.3, 0.4) is 0 Å². The van der Waals surface area contributed by atoms with Gasteiger partial charge < -0.3 is 20.5 Å². The highest BCUT2D eigenvalue weighted by atomic mass is 16.5. The molecule has 2 aromatic carbocycles. The van der Waals surface area contributed by atoms with Crippen molar-refractivity contribution in [3.63, 3.8) is 0 Å². The molecule has 2 aliphatic rings. The highest BCUT2D eigenvalue weighted by Crippen LogP contribution is 2.44. The Hall–Kier alpha value is -3.35. The van der Waals surface area contributed by atoms with Crippen molar-refractivity contribution in [2.45, 2.75) is 57.9 Å². The smallest absolute Gasteiger partial charge is 0.407 e. The summed E-state index contributed by atoms with van der Waals surface area (Å²) in [5, 5.41) is 14.7. The van der Waals surface area contributed by atoms with Gasteiger partial charge in [-0.2, -0.15) is 0 Å². The molecule has 0 atom stereocenters. The molecule has 0 spiro atoms. The lowest BCUT2D eigenvalue weighted by Crippen LogP contribution is -2.46. The summed E-state index contributed by atoms with van der Waals surface area (Å²) in [4.78, 5) is 35.4. The van der Waals surface area contributed by atoms with Crippen LogP contribution in [-0.2, 0) is 14.3 Å². The van der Waals surface area contributed by atoms with E-state index in [1.807, 2.05) is 24.3 Å². The van der Waals surface area contributed by atoms with Crippen LogP contribution in [-0.4, -0.2) is 42.3 Å². The summed E-state index contributed by atoms with van der Waals surface area (Å²) in [6, 6.07) is 16.5. The summed E-state index contributed by atoms with van der Waals surface area (Å²) in [7, 11) is 0. The number of ether oxygens (including phenoxy) is 1. The third-order valence-electron chi connectivity index (χ3n) is 7.30. The Morgan fingerprint density at radius 3 is 2.17 bits per heavy atom. The number of carboxylic acids is 1. The Kier molecular flexibility index (Phi) is 7.43. The van der Waals surface area contributed by atoms with Crippen LogP contribution in [0.25, 0.3) is 11.1 Å². The van der Waals surface area contributed by atoms with Gasteiger partial charge in [-0.05, 0) is 53.4 Å². The summed E-state index contributed by atoms with van der Waals surface area (Å²) in [5.41, 5.74) is 4.63. The number of nitrogens with one attached hydrogen (secondary N) is 2. The summed E-state index contributed by atoms with van der Waals surface area (Å²) in [5.74, 6) is -1.14. The largest absolute Gasteiger partial charge is 0.481 e. The fourth-order valence-electron chi connectivity index (χ4n) is 4.97. The average molecular weight is 479 g/mol. The molecule has 35 heavy (non-hydrogen) atoms. The van der Waals surface area contributed by atoms with Crippen molar-refractivity contribution in [1.82, 2.24) is 10.6 Å². The number of amides is 2. The third kappa shape index (κ3) is 6.02. The maximum absolute atomic E-state index is 12.4. The molecule has 2 amide bonds. The molecule has 2 aromatic rings. The molecule has 0 radical (unpaired) electrons. The first-order valence-corrected chi connectivity index (χ1v) is 12.3. The molecule has 3 N–H and O–H groups in total. The molecular weight excluding hydrogens is 444 g/mol.